The molecule has 0 saturated carbocycles. The van der Waals surface area contributed by atoms with Crippen LogP contribution in [0.5, 0.6) is 0 Å². The molecule has 2 aromatic heterocycles. The average Bonchev–Trinajstić information content (AvgIpc) is 3.52. The Morgan fingerprint density at radius 2 is 1.93 bits per heavy atom. The number of rotatable bonds is 4. The Kier molecular flexibility index (Phi) is 5.39. The fourth-order valence-electron chi connectivity index (χ4n) is 3.29. The summed E-state index contributed by atoms with van der Waals surface area (Å²) < 4.78 is 0. The number of hydrazine groups is 1. The van der Waals surface area contributed by atoms with Crippen molar-refractivity contribution in [3.05, 3.63) is 64.5 Å². The van der Waals surface area contributed by atoms with E-state index >= 15 is 0 Å². The van der Waals surface area contributed by atoms with Crippen LogP contribution in [0.2, 0.25) is 0 Å². The molecule has 148 valence electrons. The van der Waals surface area contributed by atoms with Crippen LogP contribution in [0.3, 0.4) is 0 Å². The average molecular weight is 409 g/mol. The highest BCUT2D eigenvalue weighted by atomic mass is 32.1. The predicted molar refractivity (Wildman–Crippen MR) is 108 cm³/mol. The van der Waals surface area contributed by atoms with Gasteiger partial charge in [0.2, 0.25) is 0 Å². The quantitative estimate of drug-likeness (QED) is 0.574. The second kappa shape index (κ2) is 8.27. The maximum absolute atomic E-state index is 12.6. The third-order valence-electron chi connectivity index (χ3n) is 4.74. The molecule has 9 heteroatoms. The summed E-state index contributed by atoms with van der Waals surface area (Å²) in [6, 6.07) is 14.0. The molecule has 1 fully saturated rings. The first-order valence-electron chi connectivity index (χ1n) is 9.19. The molecule has 8 nitrogen and oxygen atoms in total. The smallest absolute Gasteiger partial charge is 0.287 e. The first-order valence-corrected chi connectivity index (χ1v) is 10.1. The van der Waals surface area contributed by atoms with E-state index in [0.717, 1.165) is 12.0 Å². The van der Waals surface area contributed by atoms with Crippen LogP contribution in [0.1, 0.15) is 33.0 Å². The monoisotopic (exact) mass is 409 g/mol. The number of carbonyl (C=O) groups is 3. The SMILES string of the molecule is O=C(NNC(=O)[C@H]1CCCN1C(=O)c1cccs1)c1cc(-c2ccccc2)n[nH]1. The maximum Gasteiger partial charge on any atom is 0.287 e. The number of amides is 3. The van der Waals surface area contributed by atoms with Crippen LogP contribution in [0, 0.1) is 0 Å². The minimum atomic E-state index is -0.605. The van der Waals surface area contributed by atoms with E-state index in [1.807, 2.05) is 35.7 Å². The Morgan fingerprint density at radius 3 is 2.69 bits per heavy atom. The van der Waals surface area contributed by atoms with E-state index in [0.29, 0.717) is 23.5 Å². The highest BCUT2D eigenvalue weighted by molar-refractivity contribution is 7.12. The molecule has 0 bridgehead atoms. The molecule has 0 aliphatic carbocycles. The zero-order valence-corrected chi connectivity index (χ0v) is 16.2. The normalized spacial score (nSPS) is 15.9. The molecule has 29 heavy (non-hydrogen) atoms. The van der Waals surface area contributed by atoms with E-state index in [2.05, 4.69) is 21.0 Å². The highest BCUT2D eigenvalue weighted by Crippen LogP contribution is 2.22. The van der Waals surface area contributed by atoms with Crippen LogP contribution in [-0.2, 0) is 4.79 Å². The van der Waals surface area contributed by atoms with Crippen molar-refractivity contribution in [1.82, 2.24) is 25.9 Å². The topological polar surface area (TPSA) is 107 Å². The van der Waals surface area contributed by atoms with Crippen LogP contribution in [0.15, 0.2) is 53.9 Å². The number of H-pyrrole nitrogens is 1. The zero-order chi connectivity index (χ0) is 20.2. The molecule has 3 amide bonds. The molecule has 4 rings (SSSR count). The van der Waals surface area contributed by atoms with Crippen LogP contribution in [-0.4, -0.2) is 45.4 Å². The van der Waals surface area contributed by atoms with Crippen molar-refractivity contribution in [3.63, 3.8) is 0 Å². The first kappa shape index (κ1) is 18.9. The number of nitrogens with zero attached hydrogens (tertiary/aromatic N) is 2. The molecule has 1 atom stereocenters. The Balaban J connectivity index is 1.36. The van der Waals surface area contributed by atoms with Gasteiger partial charge in [-0.25, -0.2) is 0 Å². The van der Waals surface area contributed by atoms with E-state index in [9.17, 15) is 14.4 Å². The Bertz CT molecular complexity index is 1020. The number of carbonyl (C=O) groups excluding carboxylic acids is 3. The van der Waals surface area contributed by atoms with Crippen molar-refractivity contribution in [3.8, 4) is 11.3 Å². The van der Waals surface area contributed by atoms with Crippen molar-refractivity contribution >= 4 is 29.1 Å². The van der Waals surface area contributed by atoms with Gasteiger partial charge in [0, 0.05) is 12.1 Å². The van der Waals surface area contributed by atoms with E-state index in [-0.39, 0.29) is 11.6 Å². The molecule has 3 N–H and O–H groups in total. The summed E-state index contributed by atoms with van der Waals surface area (Å²) in [5, 5.41) is 8.62. The van der Waals surface area contributed by atoms with E-state index < -0.39 is 17.9 Å². The number of hydrogen-bond donors (Lipinski definition) is 3. The molecule has 1 aliphatic rings. The summed E-state index contributed by atoms with van der Waals surface area (Å²) >= 11 is 1.34. The van der Waals surface area contributed by atoms with Crippen LogP contribution in [0.25, 0.3) is 11.3 Å². The number of aromatic amines is 1. The van der Waals surface area contributed by atoms with Gasteiger partial charge in [-0.2, -0.15) is 5.10 Å². The number of hydrogen-bond acceptors (Lipinski definition) is 5. The number of likely N-dealkylation sites (tertiary alicyclic amines) is 1. The Morgan fingerprint density at radius 1 is 1.10 bits per heavy atom. The summed E-state index contributed by atoms with van der Waals surface area (Å²) in [6.07, 6.45) is 1.30. The lowest BCUT2D eigenvalue weighted by molar-refractivity contribution is -0.125. The second-order valence-electron chi connectivity index (χ2n) is 6.61. The van der Waals surface area contributed by atoms with Gasteiger partial charge in [0.15, 0.2) is 0 Å². The lowest BCUT2D eigenvalue weighted by Gasteiger charge is -2.23. The van der Waals surface area contributed by atoms with Gasteiger partial charge in [-0.15, -0.1) is 11.3 Å². The number of benzene rings is 1. The number of aromatic nitrogens is 2. The van der Waals surface area contributed by atoms with Crippen LogP contribution < -0.4 is 10.9 Å². The molecule has 3 heterocycles. The molecule has 0 radical (unpaired) electrons. The van der Waals surface area contributed by atoms with E-state index in [1.165, 1.54) is 11.3 Å². The van der Waals surface area contributed by atoms with Crippen LogP contribution in [0.4, 0.5) is 0 Å². The van der Waals surface area contributed by atoms with E-state index in [4.69, 9.17) is 0 Å². The van der Waals surface area contributed by atoms with Gasteiger partial charge in [-0.1, -0.05) is 36.4 Å². The van der Waals surface area contributed by atoms with Crippen molar-refractivity contribution in [1.29, 1.82) is 0 Å². The standard InChI is InChI=1S/C20H19N5O3S/c26-18(15-12-14(21-22-15)13-6-2-1-3-7-13)23-24-19(27)16-8-4-10-25(16)20(28)17-9-5-11-29-17/h1-3,5-7,9,11-12,16H,4,8,10H2,(H,21,22)(H,23,26)(H,24,27)/t16-/m1/s1. The van der Waals surface area contributed by atoms with Crippen molar-refractivity contribution in [2.75, 3.05) is 6.54 Å². The highest BCUT2D eigenvalue weighted by Gasteiger charge is 2.35. The molecule has 1 saturated heterocycles. The Hall–Kier alpha value is -3.46. The predicted octanol–water partition coefficient (Wildman–Crippen LogP) is 2.20. The third kappa shape index (κ3) is 4.04. The minimum absolute atomic E-state index is 0.162. The van der Waals surface area contributed by atoms with E-state index in [1.54, 1.807) is 23.1 Å². The maximum atomic E-state index is 12.6. The van der Waals surface area contributed by atoms with Gasteiger partial charge in [-0.3, -0.25) is 30.3 Å². The molecular weight excluding hydrogens is 390 g/mol. The summed E-state index contributed by atoms with van der Waals surface area (Å²) in [7, 11) is 0. The summed E-state index contributed by atoms with van der Waals surface area (Å²) in [6.45, 7) is 0.518. The molecular formula is C20H19N5O3S. The van der Waals surface area contributed by atoms with Gasteiger partial charge in [0.1, 0.15) is 11.7 Å². The molecule has 0 unspecified atom stereocenters. The molecule has 1 aliphatic heterocycles. The lowest BCUT2D eigenvalue weighted by atomic mass is 10.1. The van der Waals surface area contributed by atoms with Crippen LogP contribution >= 0.6 is 11.3 Å². The van der Waals surface area contributed by atoms with Gasteiger partial charge in [0.25, 0.3) is 17.7 Å². The molecule has 1 aromatic carbocycles. The molecule has 0 spiro atoms. The van der Waals surface area contributed by atoms with Crippen molar-refractivity contribution in [2.45, 2.75) is 18.9 Å². The fourth-order valence-corrected chi connectivity index (χ4v) is 3.97. The first-order chi connectivity index (χ1) is 14.1. The van der Waals surface area contributed by atoms with Gasteiger partial charge >= 0.3 is 0 Å². The van der Waals surface area contributed by atoms with Gasteiger partial charge < -0.3 is 4.90 Å². The summed E-state index contributed by atoms with van der Waals surface area (Å²) in [4.78, 5) is 39.6. The van der Waals surface area contributed by atoms with Gasteiger partial charge in [-0.05, 0) is 30.4 Å². The summed E-state index contributed by atoms with van der Waals surface area (Å²) in [5.74, 6) is -1.09. The van der Waals surface area contributed by atoms with Gasteiger partial charge in [0.05, 0.1) is 10.6 Å². The second-order valence-corrected chi connectivity index (χ2v) is 7.56. The largest absolute Gasteiger partial charge is 0.326 e. The fraction of sp³-hybridized carbons (Fsp3) is 0.200. The molecule has 3 aromatic rings. The number of nitrogens with one attached hydrogen (secondary N) is 3. The lowest BCUT2D eigenvalue weighted by Crippen LogP contribution is -2.51. The van der Waals surface area contributed by atoms with Crippen molar-refractivity contribution in [2.24, 2.45) is 0 Å². The Labute approximate surface area is 170 Å². The minimum Gasteiger partial charge on any atom is -0.326 e. The third-order valence-corrected chi connectivity index (χ3v) is 5.60. The summed E-state index contributed by atoms with van der Waals surface area (Å²) in [5.41, 5.74) is 6.54. The number of thiophene rings is 1. The zero-order valence-electron chi connectivity index (χ0n) is 15.4. The van der Waals surface area contributed by atoms with Crippen molar-refractivity contribution < 1.29 is 14.4 Å².